The summed E-state index contributed by atoms with van der Waals surface area (Å²) in [6.45, 7) is 6.67. The van der Waals surface area contributed by atoms with Gasteiger partial charge in [0.1, 0.15) is 11.6 Å². The number of aromatic nitrogens is 1. The molecular formula is C37H48F3N7O7S. The number of carbonyl (C=O) groups excluding carboxylic acids is 4. The fourth-order valence-electron chi connectivity index (χ4n) is 5.89. The van der Waals surface area contributed by atoms with Crippen molar-refractivity contribution in [3.05, 3.63) is 65.2 Å². The zero-order valence-corrected chi connectivity index (χ0v) is 31.8. The number of alkyl halides is 3. The van der Waals surface area contributed by atoms with Crippen LogP contribution in [0.4, 0.5) is 18.0 Å². The van der Waals surface area contributed by atoms with Gasteiger partial charge in [0.05, 0.1) is 16.3 Å². The van der Waals surface area contributed by atoms with Gasteiger partial charge in [0.2, 0.25) is 17.6 Å². The van der Waals surface area contributed by atoms with E-state index >= 15 is 0 Å². The second kappa shape index (κ2) is 20.4. The number of nitrogens with zero attached hydrogens (tertiary/aromatic N) is 3. The molecule has 18 heteroatoms. The largest absolute Gasteiger partial charge is 0.490 e. The van der Waals surface area contributed by atoms with E-state index in [2.05, 4.69) is 20.6 Å². The van der Waals surface area contributed by atoms with Gasteiger partial charge < -0.3 is 36.8 Å². The molecule has 0 spiro atoms. The minimum Gasteiger partial charge on any atom is -0.475 e. The molecule has 14 nitrogen and oxygen atoms in total. The van der Waals surface area contributed by atoms with Crippen LogP contribution in [0.2, 0.25) is 0 Å². The molecule has 2 atom stereocenters. The number of ether oxygens (including phenoxy) is 1. The van der Waals surface area contributed by atoms with Crippen LogP contribution in [0.15, 0.2) is 59.6 Å². The first-order chi connectivity index (χ1) is 25.9. The zero-order chi connectivity index (χ0) is 40.8. The number of alkyl carbamates (subject to hydrolysis) is 1. The number of fused-ring (bicyclic) bond motifs is 1. The number of ketones is 1. The molecule has 4 rings (SSSR count). The van der Waals surface area contributed by atoms with Crippen molar-refractivity contribution in [1.29, 1.82) is 0 Å². The van der Waals surface area contributed by atoms with Crippen LogP contribution in [0.25, 0.3) is 10.2 Å². The molecule has 1 fully saturated rings. The summed E-state index contributed by atoms with van der Waals surface area (Å²) in [6, 6.07) is 15.5. The SMILES string of the molecule is CC(=O)N1CCC(CCc2ccccc2)(OC(=O)N[C@@H](CC(C)C)C(=O)N[C@@H](CCCN=C(N)N)C(=O)c2nc3ccccc3s2)CC1.O=C(O)C(F)(F)F. The number of rotatable bonds is 15. The van der Waals surface area contributed by atoms with Crippen LogP contribution in [-0.4, -0.2) is 94.1 Å². The van der Waals surface area contributed by atoms with E-state index in [0.29, 0.717) is 57.1 Å². The quantitative estimate of drug-likeness (QED) is 0.0613. The summed E-state index contributed by atoms with van der Waals surface area (Å²) in [4.78, 5) is 72.3. The van der Waals surface area contributed by atoms with Crippen LogP contribution in [0, 0.1) is 5.92 Å². The van der Waals surface area contributed by atoms with Gasteiger partial charge >= 0.3 is 18.2 Å². The van der Waals surface area contributed by atoms with Crippen molar-refractivity contribution in [3.63, 3.8) is 0 Å². The van der Waals surface area contributed by atoms with Crippen molar-refractivity contribution >= 4 is 57.2 Å². The number of carboxylic acid groups (broad SMARTS) is 1. The maximum Gasteiger partial charge on any atom is 0.490 e. The average Bonchev–Trinajstić information content (AvgIpc) is 3.56. The number of benzene rings is 2. The van der Waals surface area contributed by atoms with Crippen LogP contribution >= 0.6 is 11.3 Å². The summed E-state index contributed by atoms with van der Waals surface area (Å²) in [5, 5.41) is 13.1. The van der Waals surface area contributed by atoms with E-state index in [1.807, 2.05) is 68.4 Å². The Morgan fingerprint density at radius 1 is 1.00 bits per heavy atom. The number of nitrogens with two attached hydrogens (primary N) is 2. The molecule has 0 bridgehead atoms. The number of likely N-dealkylation sites (tertiary alicyclic amines) is 1. The molecule has 3 aromatic rings. The normalized spacial score (nSPS) is 14.9. The number of guanidine groups is 1. The Labute approximate surface area is 320 Å². The number of hydrogen-bond acceptors (Lipinski definition) is 9. The molecule has 0 unspecified atom stereocenters. The maximum absolute atomic E-state index is 13.8. The number of carbonyl (C=O) groups is 5. The number of piperidine rings is 1. The molecule has 0 aliphatic carbocycles. The van der Waals surface area contributed by atoms with Gasteiger partial charge in [0.15, 0.2) is 11.0 Å². The van der Waals surface area contributed by atoms with E-state index in [1.54, 1.807) is 4.90 Å². The summed E-state index contributed by atoms with van der Waals surface area (Å²) in [6.07, 6.45) is -2.51. The van der Waals surface area contributed by atoms with Gasteiger partial charge in [-0.15, -0.1) is 11.3 Å². The van der Waals surface area contributed by atoms with Gasteiger partial charge in [-0.2, -0.15) is 13.2 Å². The van der Waals surface area contributed by atoms with Gasteiger partial charge in [-0.25, -0.2) is 14.6 Å². The van der Waals surface area contributed by atoms with E-state index in [4.69, 9.17) is 26.1 Å². The molecule has 1 aromatic heterocycles. The third kappa shape index (κ3) is 14.5. The van der Waals surface area contributed by atoms with Crippen LogP contribution in [0.1, 0.15) is 74.7 Å². The fourth-order valence-corrected chi connectivity index (χ4v) is 6.85. The standard InChI is InChI=1S/C35H47N7O5S.C2HF3O2/c1-23(2)22-28(41-34(46)47-35(16-15-25-10-5-4-6-11-25)17-20-42(21-18-35)24(3)43)31(45)39-27(13-9-19-38-33(36)37)30(44)32-40-26-12-7-8-14-29(26)48-32;3-2(4,5)1(6)7/h4-8,10-12,14,23,27-28H,9,13,15-22H2,1-3H3,(H,39,45)(H,41,46)(H4,36,37,38);(H,6,7)/t27-,28-;/m0./s1. The van der Waals surface area contributed by atoms with Gasteiger partial charge in [-0.05, 0) is 55.7 Å². The number of thiazole rings is 1. The van der Waals surface area contributed by atoms with Gasteiger partial charge in [0.25, 0.3) is 0 Å². The van der Waals surface area contributed by atoms with E-state index < -0.39 is 41.8 Å². The minimum atomic E-state index is -5.08. The molecule has 0 saturated carbocycles. The number of aryl methyl sites for hydroxylation is 1. The first-order valence-corrected chi connectivity index (χ1v) is 18.6. The number of nitrogens with one attached hydrogen (secondary N) is 2. The molecule has 1 aliphatic rings. The summed E-state index contributed by atoms with van der Waals surface area (Å²) >= 11 is 1.26. The van der Waals surface area contributed by atoms with Gasteiger partial charge in [-0.1, -0.05) is 56.3 Å². The number of aliphatic imine (C=N–C) groups is 1. The molecule has 7 N–H and O–H groups in total. The van der Waals surface area contributed by atoms with E-state index in [1.165, 1.54) is 18.3 Å². The van der Waals surface area contributed by atoms with Crippen LogP contribution in [0.5, 0.6) is 0 Å². The van der Waals surface area contributed by atoms with Crippen LogP contribution in [0.3, 0.4) is 0 Å². The lowest BCUT2D eigenvalue weighted by molar-refractivity contribution is -0.192. The predicted octanol–water partition coefficient (Wildman–Crippen LogP) is 4.81. The number of carboxylic acids is 1. The molecule has 0 radical (unpaired) electrons. The highest BCUT2D eigenvalue weighted by Crippen LogP contribution is 2.32. The second-order valence-electron chi connectivity index (χ2n) is 13.6. The molecule has 1 saturated heterocycles. The third-order valence-corrected chi connectivity index (χ3v) is 9.83. The lowest BCUT2D eigenvalue weighted by atomic mass is 9.85. The van der Waals surface area contributed by atoms with Gasteiger partial charge in [-0.3, -0.25) is 19.4 Å². The molecule has 2 heterocycles. The number of aliphatic carboxylic acids is 1. The predicted molar refractivity (Wildman–Crippen MR) is 201 cm³/mol. The van der Waals surface area contributed by atoms with E-state index in [0.717, 1.165) is 10.3 Å². The van der Waals surface area contributed by atoms with Crippen molar-refractivity contribution < 1.29 is 47.0 Å². The number of para-hydroxylation sites is 1. The number of Topliss-reactive ketones (excluding diaryl/α,β-unsaturated/α-hetero) is 1. The molecule has 300 valence electrons. The lowest BCUT2D eigenvalue weighted by Gasteiger charge is -2.41. The summed E-state index contributed by atoms with van der Waals surface area (Å²) in [5.74, 6) is -3.59. The van der Waals surface area contributed by atoms with Crippen molar-refractivity contribution in [3.8, 4) is 0 Å². The minimum absolute atomic E-state index is 0.0157. The van der Waals surface area contributed by atoms with Crippen LogP contribution < -0.4 is 22.1 Å². The molecule has 55 heavy (non-hydrogen) atoms. The first kappa shape index (κ1) is 44.1. The highest BCUT2D eigenvalue weighted by molar-refractivity contribution is 7.20. The molecular weight excluding hydrogens is 744 g/mol. The zero-order valence-electron chi connectivity index (χ0n) is 30.9. The van der Waals surface area contributed by atoms with Crippen LogP contribution in [-0.2, 0) is 25.5 Å². The number of amides is 3. The fraction of sp³-hybridized carbons (Fsp3) is 0.486. The Morgan fingerprint density at radius 3 is 2.18 bits per heavy atom. The average molecular weight is 792 g/mol. The van der Waals surface area contributed by atoms with E-state index in [9.17, 15) is 32.3 Å². The monoisotopic (exact) mass is 791 g/mol. The van der Waals surface area contributed by atoms with Crippen molar-refractivity contribution in [1.82, 2.24) is 20.5 Å². The second-order valence-corrected chi connectivity index (χ2v) is 14.6. The highest BCUT2D eigenvalue weighted by Gasteiger charge is 2.40. The topological polar surface area (TPSA) is 219 Å². The Morgan fingerprint density at radius 2 is 1.62 bits per heavy atom. The van der Waals surface area contributed by atoms with Gasteiger partial charge in [0, 0.05) is 39.4 Å². The smallest absolute Gasteiger partial charge is 0.475 e. The maximum atomic E-state index is 13.8. The third-order valence-electron chi connectivity index (χ3n) is 8.78. The van der Waals surface area contributed by atoms with Crippen molar-refractivity contribution in [2.24, 2.45) is 22.4 Å². The highest BCUT2D eigenvalue weighted by atomic mass is 32.1. The molecule has 2 aromatic carbocycles. The summed E-state index contributed by atoms with van der Waals surface area (Å²) in [5.41, 5.74) is 12.0. The Hall–Kier alpha value is -5.26. The summed E-state index contributed by atoms with van der Waals surface area (Å²) in [7, 11) is 0. The Bertz CT molecular complexity index is 1760. The molecule has 3 amide bonds. The Kier molecular flexibility index (Phi) is 16.4. The Balaban J connectivity index is 0.00000106. The van der Waals surface area contributed by atoms with Crippen molar-refractivity contribution in [2.45, 2.75) is 89.6 Å². The van der Waals surface area contributed by atoms with E-state index in [-0.39, 0.29) is 41.5 Å². The van der Waals surface area contributed by atoms with Crippen molar-refractivity contribution in [2.75, 3.05) is 19.6 Å². The lowest BCUT2D eigenvalue weighted by Crippen LogP contribution is -2.54. The number of hydrogen-bond donors (Lipinski definition) is 5. The summed E-state index contributed by atoms with van der Waals surface area (Å²) < 4.78 is 38.8. The first-order valence-electron chi connectivity index (χ1n) is 17.7. The molecule has 1 aliphatic heterocycles. The number of halogens is 3.